The molecule has 1 radical (unpaired) electrons. The first-order valence-electron chi connectivity index (χ1n) is 5.35. The average molecular weight is 377 g/mol. The first kappa shape index (κ1) is 22.1. The fourth-order valence-corrected chi connectivity index (χ4v) is 1.25. The van der Waals surface area contributed by atoms with Crippen LogP contribution in [0.4, 0.5) is 57.1 Å². The second kappa shape index (κ2) is 5.84. The van der Waals surface area contributed by atoms with E-state index in [4.69, 9.17) is 0 Å². The standard InChI is InChI=1S/C9H6F13O/c10-4(11,2-1-3-23)5(12,13)6(14,15)7(16,17)8(18,19)9(20,21)22/h1-3H2. The van der Waals surface area contributed by atoms with Crippen molar-refractivity contribution in [3.8, 4) is 0 Å². The van der Waals surface area contributed by atoms with Gasteiger partial charge in [0.05, 0.1) is 6.61 Å². The molecule has 0 rings (SSSR count). The van der Waals surface area contributed by atoms with E-state index in [0.717, 1.165) is 0 Å². The third-order valence-electron chi connectivity index (χ3n) is 2.63. The molecule has 0 aliphatic heterocycles. The van der Waals surface area contributed by atoms with Crippen molar-refractivity contribution in [2.75, 3.05) is 6.61 Å². The lowest BCUT2D eigenvalue weighted by atomic mass is 9.92. The third kappa shape index (κ3) is 3.18. The molecule has 23 heavy (non-hydrogen) atoms. The number of alkyl halides is 13. The maximum Gasteiger partial charge on any atom is 0.460 e. The fraction of sp³-hybridized carbons (Fsp3) is 1.00. The summed E-state index contributed by atoms with van der Waals surface area (Å²) in [5.74, 6) is -36.8. The van der Waals surface area contributed by atoms with Crippen LogP contribution in [0, 0.1) is 0 Å². The molecule has 14 heteroatoms. The van der Waals surface area contributed by atoms with Gasteiger partial charge in [-0.25, -0.2) is 5.11 Å². The van der Waals surface area contributed by atoms with E-state index in [0.29, 0.717) is 0 Å². The molecule has 0 aromatic rings. The van der Waals surface area contributed by atoms with Gasteiger partial charge in [-0.3, -0.25) is 0 Å². The van der Waals surface area contributed by atoms with Gasteiger partial charge >= 0.3 is 35.8 Å². The molecule has 0 saturated carbocycles. The highest BCUT2D eigenvalue weighted by Crippen LogP contribution is 2.60. The molecule has 0 heterocycles. The minimum atomic E-state index is -7.89. The third-order valence-corrected chi connectivity index (χ3v) is 2.63. The van der Waals surface area contributed by atoms with Crippen molar-refractivity contribution >= 4 is 0 Å². The van der Waals surface area contributed by atoms with Crippen LogP contribution in [-0.2, 0) is 5.11 Å². The van der Waals surface area contributed by atoms with Gasteiger partial charge in [-0.15, -0.1) is 0 Å². The van der Waals surface area contributed by atoms with Gasteiger partial charge in [0.15, 0.2) is 0 Å². The van der Waals surface area contributed by atoms with Gasteiger partial charge in [0.25, 0.3) is 0 Å². The van der Waals surface area contributed by atoms with Crippen molar-refractivity contribution in [3.63, 3.8) is 0 Å². The predicted octanol–water partition coefficient (Wildman–Crippen LogP) is 4.94. The molecule has 0 atom stereocenters. The summed E-state index contributed by atoms with van der Waals surface area (Å²) in [7, 11) is 0. The Labute approximate surface area is 119 Å². The summed E-state index contributed by atoms with van der Waals surface area (Å²) < 4.78 is 163. The van der Waals surface area contributed by atoms with Gasteiger partial charge < -0.3 is 0 Å². The highest BCUT2D eigenvalue weighted by molar-refractivity contribution is 5.10. The zero-order valence-electron chi connectivity index (χ0n) is 10.4. The summed E-state index contributed by atoms with van der Waals surface area (Å²) in [5.41, 5.74) is 0. The zero-order chi connectivity index (χ0) is 19.1. The van der Waals surface area contributed by atoms with Crippen molar-refractivity contribution in [2.24, 2.45) is 0 Å². The van der Waals surface area contributed by atoms with Crippen LogP contribution in [0.3, 0.4) is 0 Å². The molecule has 0 bridgehead atoms. The first-order chi connectivity index (χ1) is 9.81. The maximum absolute atomic E-state index is 12.9. The van der Waals surface area contributed by atoms with E-state index in [2.05, 4.69) is 0 Å². The Morgan fingerprint density at radius 1 is 0.522 bits per heavy atom. The number of hydrogen-bond acceptors (Lipinski definition) is 0. The Bertz CT molecular complexity index is 410. The first-order valence-corrected chi connectivity index (χ1v) is 5.35. The van der Waals surface area contributed by atoms with Crippen LogP contribution >= 0.6 is 0 Å². The zero-order valence-corrected chi connectivity index (χ0v) is 10.4. The Morgan fingerprint density at radius 2 is 0.870 bits per heavy atom. The van der Waals surface area contributed by atoms with E-state index in [-0.39, 0.29) is 0 Å². The van der Waals surface area contributed by atoms with E-state index in [1.54, 1.807) is 0 Å². The smallest absolute Gasteiger partial charge is 0.237 e. The van der Waals surface area contributed by atoms with E-state index < -0.39 is 55.2 Å². The molecule has 0 aromatic carbocycles. The van der Waals surface area contributed by atoms with Crippen molar-refractivity contribution in [1.29, 1.82) is 0 Å². The van der Waals surface area contributed by atoms with Crippen LogP contribution in [0.2, 0.25) is 0 Å². The lowest BCUT2D eigenvalue weighted by Crippen LogP contribution is -2.70. The molecule has 0 aliphatic carbocycles. The van der Waals surface area contributed by atoms with Gasteiger partial charge in [0.2, 0.25) is 0 Å². The summed E-state index contributed by atoms with van der Waals surface area (Å²) in [6.45, 7) is -1.54. The highest BCUT2D eigenvalue weighted by Gasteiger charge is 2.90. The normalized spacial score (nSPS) is 15.9. The Kier molecular flexibility index (Phi) is 5.60. The molecule has 0 aromatic heterocycles. The van der Waals surface area contributed by atoms with Crippen LogP contribution in [0.15, 0.2) is 0 Å². The second-order valence-electron chi connectivity index (χ2n) is 4.31. The van der Waals surface area contributed by atoms with Gasteiger partial charge in [-0.1, -0.05) is 0 Å². The largest absolute Gasteiger partial charge is 0.460 e. The quantitative estimate of drug-likeness (QED) is 0.561. The predicted molar refractivity (Wildman–Crippen MR) is 45.6 cm³/mol. The van der Waals surface area contributed by atoms with Crippen LogP contribution in [0.25, 0.3) is 0 Å². The lowest BCUT2D eigenvalue weighted by molar-refractivity contribution is -0.440. The number of hydrogen-bond donors (Lipinski definition) is 0. The van der Waals surface area contributed by atoms with Gasteiger partial charge in [-0.2, -0.15) is 57.1 Å². The molecule has 0 fully saturated rings. The maximum atomic E-state index is 12.9. The Hall–Kier alpha value is -0.950. The van der Waals surface area contributed by atoms with Gasteiger partial charge in [0, 0.05) is 6.42 Å². The molecule has 0 spiro atoms. The summed E-state index contributed by atoms with van der Waals surface area (Å²) >= 11 is 0. The van der Waals surface area contributed by atoms with E-state index >= 15 is 0 Å². The van der Waals surface area contributed by atoms with E-state index in [1.165, 1.54) is 0 Å². The molecule has 139 valence electrons. The Balaban J connectivity index is 6.03. The van der Waals surface area contributed by atoms with Crippen LogP contribution < -0.4 is 0 Å². The van der Waals surface area contributed by atoms with Crippen molar-refractivity contribution in [2.45, 2.75) is 48.6 Å². The van der Waals surface area contributed by atoms with Crippen molar-refractivity contribution in [3.05, 3.63) is 0 Å². The summed E-state index contributed by atoms with van der Waals surface area (Å²) in [6, 6.07) is 0. The summed E-state index contributed by atoms with van der Waals surface area (Å²) in [5, 5.41) is 9.86. The molecule has 0 amide bonds. The highest BCUT2D eigenvalue weighted by atomic mass is 19.4. The molecule has 0 N–H and O–H groups in total. The average Bonchev–Trinajstić information content (AvgIpc) is 2.34. The van der Waals surface area contributed by atoms with Crippen molar-refractivity contribution < 1.29 is 62.2 Å². The van der Waals surface area contributed by atoms with Gasteiger partial charge in [0.1, 0.15) is 0 Å². The van der Waals surface area contributed by atoms with E-state index in [9.17, 15) is 62.2 Å². The van der Waals surface area contributed by atoms with Crippen LogP contribution in [0.5, 0.6) is 0 Å². The molecular weight excluding hydrogens is 371 g/mol. The fourth-order valence-electron chi connectivity index (χ4n) is 1.25. The van der Waals surface area contributed by atoms with E-state index in [1.807, 2.05) is 0 Å². The summed E-state index contributed by atoms with van der Waals surface area (Å²) in [4.78, 5) is 0. The van der Waals surface area contributed by atoms with Gasteiger partial charge in [-0.05, 0) is 6.42 Å². The number of rotatable bonds is 7. The van der Waals surface area contributed by atoms with Crippen LogP contribution in [-0.4, -0.2) is 42.4 Å². The molecule has 0 unspecified atom stereocenters. The van der Waals surface area contributed by atoms with Crippen LogP contribution in [0.1, 0.15) is 12.8 Å². The summed E-state index contributed by atoms with van der Waals surface area (Å²) in [6.07, 6.45) is -11.3. The topological polar surface area (TPSA) is 19.9 Å². The Morgan fingerprint density at radius 3 is 1.17 bits per heavy atom. The second-order valence-corrected chi connectivity index (χ2v) is 4.31. The molecule has 1 nitrogen and oxygen atoms in total. The molecule has 0 aliphatic rings. The minimum Gasteiger partial charge on any atom is -0.237 e. The molecule has 0 saturated heterocycles. The lowest BCUT2D eigenvalue weighted by Gasteiger charge is -2.39. The monoisotopic (exact) mass is 377 g/mol. The molecular formula is C9H6F13O. The van der Waals surface area contributed by atoms with Crippen molar-refractivity contribution in [1.82, 2.24) is 0 Å². The minimum absolute atomic E-state index is 1.44. The SMILES string of the molecule is [O]CCCC(F)(F)C(F)(F)C(F)(F)C(F)(F)C(F)(F)C(F)(F)F. The number of halogens is 13.